The molecule has 1 saturated carbocycles. The highest BCUT2D eigenvalue weighted by atomic mass is 16.5. The maximum atomic E-state index is 12.4. The Morgan fingerprint density at radius 1 is 1.50 bits per heavy atom. The zero-order chi connectivity index (χ0) is 15.7. The average molecular weight is 301 g/mol. The van der Waals surface area contributed by atoms with Crippen molar-refractivity contribution in [3.63, 3.8) is 0 Å². The molecule has 0 aliphatic heterocycles. The third-order valence-electron chi connectivity index (χ3n) is 4.29. The van der Waals surface area contributed by atoms with Crippen molar-refractivity contribution in [3.05, 3.63) is 30.1 Å². The first-order chi connectivity index (χ1) is 10.5. The number of hydrogen-bond acceptors (Lipinski definition) is 4. The lowest BCUT2D eigenvalue weighted by Gasteiger charge is -2.27. The van der Waals surface area contributed by atoms with Crippen molar-refractivity contribution in [1.29, 1.82) is 0 Å². The van der Waals surface area contributed by atoms with Gasteiger partial charge in [0.15, 0.2) is 0 Å². The number of nitrogens with one attached hydrogen (secondary N) is 2. The second-order valence-electron chi connectivity index (χ2n) is 5.91. The van der Waals surface area contributed by atoms with Gasteiger partial charge in [0.25, 0.3) is 0 Å². The van der Waals surface area contributed by atoms with Crippen LogP contribution < -0.4 is 5.32 Å². The number of fused-ring (bicyclic) bond motifs is 1. The highest BCUT2D eigenvalue weighted by Crippen LogP contribution is 2.40. The van der Waals surface area contributed by atoms with Crippen LogP contribution in [0.1, 0.15) is 25.3 Å². The molecule has 0 unspecified atom stereocenters. The Bertz CT molecular complexity index is 720. The smallest absolute Gasteiger partial charge is 0.331 e. The molecule has 3 rings (SSSR count). The van der Waals surface area contributed by atoms with E-state index in [0.717, 1.165) is 29.4 Å². The molecule has 2 N–H and O–H groups in total. The molecule has 1 aliphatic carbocycles. The summed E-state index contributed by atoms with van der Waals surface area (Å²) in [6.45, 7) is 1.74. The van der Waals surface area contributed by atoms with Crippen LogP contribution in [0, 0.1) is 5.92 Å². The molecule has 2 heterocycles. The van der Waals surface area contributed by atoms with Gasteiger partial charge in [-0.2, -0.15) is 0 Å². The zero-order valence-corrected chi connectivity index (χ0v) is 12.7. The van der Waals surface area contributed by atoms with Crippen molar-refractivity contribution in [3.8, 4) is 0 Å². The van der Waals surface area contributed by atoms with Gasteiger partial charge in [-0.05, 0) is 43.4 Å². The molecule has 2 aromatic heterocycles. The van der Waals surface area contributed by atoms with Crippen LogP contribution in [0.5, 0.6) is 0 Å². The second kappa shape index (κ2) is 5.44. The molecule has 0 radical (unpaired) electrons. The minimum atomic E-state index is -0.934. The summed E-state index contributed by atoms with van der Waals surface area (Å²) in [5.41, 5.74) is 0.683. The first kappa shape index (κ1) is 14.6. The van der Waals surface area contributed by atoms with Crippen LogP contribution in [-0.4, -0.2) is 34.5 Å². The number of hydrogen-bond donors (Lipinski definition) is 2. The number of carbonyl (C=O) groups excluding carboxylic acids is 2. The molecule has 0 saturated heterocycles. The normalized spacial score (nSPS) is 17.0. The number of aromatic amines is 1. The third kappa shape index (κ3) is 2.56. The van der Waals surface area contributed by atoms with Crippen LogP contribution in [0.4, 0.5) is 0 Å². The van der Waals surface area contributed by atoms with Crippen molar-refractivity contribution >= 4 is 22.9 Å². The van der Waals surface area contributed by atoms with Gasteiger partial charge in [0.05, 0.1) is 13.5 Å². The van der Waals surface area contributed by atoms with E-state index < -0.39 is 5.54 Å². The largest absolute Gasteiger partial charge is 0.467 e. The molecule has 6 heteroatoms. The summed E-state index contributed by atoms with van der Waals surface area (Å²) in [7, 11) is 1.35. The van der Waals surface area contributed by atoms with E-state index in [-0.39, 0.29) is 24.2 Å². The summed E-state index contributed by atoms with van der Waals surface area (Å²) in [6, 6.07) is 3.75. The average Bonchev–Trinajstić information content (AvgIpc) is 3.30. The summed E-state index contributed by atoms with van der Waals surface area (Å²) in [6.07, 6.45) is 5.55. The molecule has 0 aromatic carbocycles. The number of carbonyl (C=O) groups is 2. The van der Waals surface area contributed by atoms with Crippen LogP contribution >= 0.6 is 0 Å². The quantitative estimate of drug-likeness (QED) is 0.821. The molecule has 1 atom stereocenters. The van der Waals surface area contributed by atoms with Crippen LogP contribution in [-0.2, 0) is 20.7 Å². The van der Waals surface area contributed by atoms with Gasteiger partial charge < -0.3 is 15.0 Å². The van der Waals surface area contributed by atoms with E-state index in [2.05, 4.69) is 15.3 Å². The van der Waals surface area contributed by atoms with E-state index in [0.29, 0.717) is 0 Å². The van der Waals surface area contributed by atoms with Crippen LogP contribution in [0.25, 0.3) is 11.0 Å². The number of esters is 1. The summed E-state index contributed by atoms with van der Waals surface area (Å²) < 4.78 is 4.85. The number of H-pyrrole nitrogens is 1. The molecule has 6 nitrogen and oxygen atoms in total. The van der Waals surface area contributed by atoms with E-state index >= 15 is 0 Å². The Morgan fingerprint density at radius 2 is 2.27 bits per heavy atom. The lowest BCUT2D eigenvalue weighted by molar-refractivity contribution is -0.151. The van der Waals surface area contributed by atoms with Gasteiger partial charge in [-0.1, -0.05) is 0 Å². The lowest BCUT2D eigenvalue weighted by atomic mass is 9.95. The number of amides is 1. The number of pyridine rings is 1. The fourth-order valence-corrected chi connectivity index (χ4v) is 2.86. The monoisotopic (exact) mass is 301 g/mol. The van der Waals surface area contributed by atoms with Gasteiger partial charge in [-0.15, -0.1) is 0 Å². The number of ether oxygens (including phenoxy) is 1. The topological polar surface area (TPSA) is 84.1 Å². The standard InChI is InChI=1S/C16H19N3O3/c1-16(11-5-6-11,15(21)22-2)19-13(20)8-10-9-18-14-12(10)4-3-7-17-14/h3-4,7,9,11H,5-6,8H2,1-2H3,(H,17,18)(H,19,20)/t16-/m1/s1. The summed E-state index contributed by atoms with van der Waals surface area (Å²) in [5.74, 6) is -0.415. The maximum absolute atomic E-state index is 12.4. The van der Waals surface area contributed by atoms with E-state index in [9.17, 15) is 9.59 Å². The first-order valence-electron chi connectivity index (χ1n) is 7.35. The summed E-state index contributed by atoms with van der Waals surface area (Å²) in [5, 5.41) is 3.78. The SMILES string of the molecule is COC(=O)[C@](C)(NC(=O)Cc1c[nH]c2ncccc12)C1CC1. The summed E-state index contributed by atoms with van der Waals surface area (Å²) in [4.78, 5) is 31.6. The van der Waals surface area contributed by atoms with Crippen molar-refractivity contribution in [2.24, 2.45) is 5.92 Å². The van der Waals surface area contributed by atoms with E-state index in [1.807, 2.05) is 12.1 Å². The van der Waals surface area contributed by atoms with Crippen molar-refractivity contribution < 1.29 is 14.3 Å². The Morgan fingerprint density at radius 3 is 2.95 bits per heavy atom. The third-order valence-corrected chi connectivity index (χ3v) is 4.29. The van der Waals surface area contributed by atoms with Gasteiger partial charge in [0.1, 0.15) is 11.2 Å². The predicted octanol–water partition coefficient (Wildman–Crippen LogP) is 1.56. The molecule has 1 aliphatic rings. The zero-order valence-electron chi connectivity index (χ0n) is 12.7. The lowest BCUT2D eigenvalue weighted by Crippen LogP contribution is -2.55. The van der Waals surface area contributed by atoms with Gasteiger partial charge in [-0.3, -0.25) is 4.79 Å². The highest BCUT2D eigenvalue weighted by molar-refractivity contribution is 5.91. The van der Waals surface area contributed by atoms with Gasteiger partial charge in [0.2, 0.25) is 5.91 Å². The Hall–Kier alpha value is -2.37. The van der Waals surface area contributed by atoms with Crippen molar-refractivity contribution in [1.82, 2.24) is 15.3 Å². The second-order valence-corrected chi connectivity index (χ2v) is 5.91. The fraction of sp³-hybridized carbons (Fsp3) is 0.438. The highest BCUT2D eigenvalue weighted by Gasteiger charge is 2.49. The molecule has 1 amide bonds. The predicted molar refractivity (Wildman–Crippen MR) is 81.1 cm³/mol. The Labute approximate surface area is 128 Å². The van der Waals surface area contributed by atoms with Crippen LogP contribution in [0.15, 0.2) is 24.5 Å². The number of rotatable bonds is 5. The van der Waals surface area contributed by atoms with Crippen molar-refractivity contribution in [2.75, 3.05) is 7.11 Å². The summed E-state index contributed by atoms with van der Waals surface area (Å²) >= 11 is 0. The minimum absolute atomic E-state index is 0.161. The van der Waals surface area contributed by atoms with Gasteiger partial charge in [-0.25, -0.2) is 9.78 Å². The fourth-order valence-electron chi connectivity index (χ4n) is 2.86. The first-order valence-corrected chi connectivity index (χ1v) is 7.35. The molecular formula is C16H19N3O3. The Kier molecular flexibility index (Phi) is 3.60. The van der Waals surface area contributed by atoms with Crippen molar-refractivity contribution in [2.45, 2.75) is 31.7 Å². The molecule has 0 bridgehead atoms. The van der Waals surface area contributed by atoms with Crippen LogP contribution in [0.2, 0.25) is 0 Å². The molecule has 116 valence electrons. The Balaban J connectivity index is 1.75. The number of nitrogens with zero attached hydrogens (tertiary/aromatic N) is 1. The minimum Gasteiger partial charge on any atom is -0.467 e. The molecule has 2 aromatic rings. The van der Waals surface area contributed by atoms with Gasteiger partial charge >= 0.3 is 5.97 Å². The number of methoxy groups -OCH3 is 1. The molecule has 22 heavy (non-hydrogen) atoms. The van der Waals surface area contributed by atoms with Crippen LogP contribution in [0.3, 0.4) is 0 Å². The molecule has 0 spiro atoms. The van der Waals surface area contributed by atoms with Gasteiger partial charge in [0, 0.05) is 17.8 Å². The number of aromatic nitrogens is 2. The van der Waals surface area contributed by atoms with E-state index in [1.165, 1.54) is 7.11 Å². The van der Waals surface area contributed by atoms with E-state index in [4.69, 9.17) is 4.74 Å². The van der Waals surface area contributed by atoms with E-state index in [1.54, 1.807) is 19.3 Å². The molecule has 1 fully saturated rings. The maximum Gasteiger partial charge on any atom is 0.331 e. The molecular weight excluding hydrogens is 282 g/mol.